The molecule has 8 heteroatoms. The van der Waals surface area contributed by atoms with Crippen LogP contribution < -0.4 is 0 Å². The van der Waals surface area contributed by atoms with E-state index >= 15 is 0 Å². The van der Waals surface area contributed by atoms with Crippen molar-refractivity contribution < 1.29 is 63.8 Å². The maximum absolute atomic E-state index is 12.3. The summed E-state index contributed by atoms with van der Waals surface area (Å²) in [4.78, 5) is 0. The Morgan fingerprint density at radius 2 is 1.00 bits per heavy atom. The molecular weight excluding hydrogens is 459 g/mol. The van der Waals surface area contributed by atoms with Gasteiger partial charge in [-0.1, -0.05) is 43.6 Å². The molecule has 0 aromatic carbocycles. The summed E-state index contributed by atoms with van der Waals surface area (Å²) in [6, 6.07) is 0. The third-order valence-corrected chi connectivity index (χ3v) is 2.66. The molecule has 0 amide bonds. The number of alkyl halides is 6. The van der Waals surface area contributed by atoms with E-state index in [1.54, 1.807) is 0 Å². The Balaban J connectivity index is -0.0000000276. The van der Waals surface area contributed by atoms with Crippen LogP contribution in [0, 0.1) is 5.92 Å². The number of rotatable bonds is 8. The molecule has 1 radical (unpaired) electrons. The van der Waals surface area contributed by atoms with Crippen LogP contribution in [0.15, 0.2) is 0 Å². The number of methoxy groups -OCH3 is 1. The molecule has 0 aliphatic heterocycles. The van der Waals surface area contributed by atoms with Gasteiger partial charge in [0.05, 0.1) is 21.0 Å². The van der Waals surface area contributed by atoms with Crippen molar-refractivity contribution in [2.45, 2.75) is 101 Å². The number of hydrogen-bond donors (Lipinski definition) is 0. The third kappa shape index (κ3) is 71.6. The van der Waals surface area contributed by atoms with Crippen molar-refractivity contribution in [3.63, 3.8) is 0 Å². The van der Waals surface area contributed by atoms with Crippen LogP contribution in [0.5, 0.6) is 0 Å². The molecule has 0 bridgehead atoms. The van der Waals surface area contributed by atoms with Crippen molar-refractivity contribution >= 4 is 0 Å². The standard InChI is InChI=1S/C9H17F2.C5H10F2O.2CH3F.4CH4.Y/c1-4-8(5-2)6-7-9(3,10)11;1-5(6,7)3-4-8-2;2*1-2;;;;;/h4-7H2,1-3H3;3-4H2,1-2H3;2*1H3;4*1H4;/q-1;;;;;;;;. The molecule has 0 spiro atoms. The molecule has 0 rings (SSSR count). The Hall–Kier alpha value is 0.644. The van der Waals surface area contributed by atoms with Gasteiger partial charge in [0.2, 0.25) is 11.8 Å². The van der Waals surface area contributed by atoms with Gasteiger partial charge in [-0.05, 0) is 20.3 Å². The van der Waals surface area contributed by atoms with E-state index in [1.807, 2.05) is 13.8 Å². The fraction of sp³-hybridized carbons (Fsp3) is 0.950. The summed E-state index contributed by atoms with van der Waals surface area (Å²) in [6.07, 6.45) is 2.27. The molecule has 28 heavy (non-hydrogen) atoms. The molecule has 0 atom stereocenters. The zero-order valence-corrected chi connectivity index (χ0v) is 18.8. The van der Waals surface area contributed by atoms with Crippen LogP contribution in [0.3, 0.4) is 0 Å². The zero-order valence-electron chi connectivity index (χ0n) is 16.0. The number of halogens is 6. The van der Waals surface area contributed by atoms with Crippen molar-refractivity contribution in [3.05, 3.63) is 5.92 Å². The van der Waals surface area contributed by atoms with Gasteiger partial charge in [-0.2, -0.15) is 19.3 Å². The first-order chi connectivity index (χ1) is 10.6. The van der Waals surface area contributed by atoms with Crippen LogP contribution in [0.2, 0.25) is 0 Å². The van der Waals surface area contributed by atoms with Crippen molar-refractivity contribution in [2.75, 3.05) is 28.1 Å². The summed E-state index contributed by atoms with van der Waals surface area (Å²) in [6.45, 7) is 6.03. The van der Waals surface area contributed by atoms with E-state index in [4.69, 9.17) is 0 Å². The van der Waals surface area contributed by atoms with E-state index in [0.29, 0.717) is 20.8 Å². The summed E-state index contributed by atoms with van der Waals surface area (Å²) >= 11 is 0. The Kier molecular flexibility index (Phi) is 77.5. The first-order valence-electron chi connectivity index (χ1n) is 7.39. The summed E-state index contributed by atoms with van der Waals surface area (Å²) < 4.78 is 71.8. The zero-order chi connectivity index (χ0) is 19.5. The van der Waals surface area contributed by atoms with Gasteiger partial charge in [-0.25, -0.2) is 17.6 Å². The Morgan fingerprint density at radius 3 is 1.14 bits per heavy atom. The van der Waals surface area contributed by atoms with Gasteiger partial charge >= 0.3 is 0 Å². The quantitative estimate of drug-likeness (QED) is 0.235. The Morgan fingerprint density at radius 1 is 0.714 bits per heavy atom. The van der Waals surface area contributed by atoms with E-state index in [-0.39, 0.29) is 81.9 Å². The molecule has 0 aromatic heterocycles. The van der Waals surface area contributed by atoms with Gasteiger partial charge < -0.3 is 10.7 Å². The fourth-order valence-corrected chi connectivity index (χ4v) is 1.28. The second kappa shape index (κ2) is 38.3. The summed E-state index contributed by atoms with van der Waals surface area (Å²) in [5, 5.41) is 0. The Labute approximate surface area is 198 Å². The maximum Gasteiger partial charge on any atom is 0.247 e. The maximum atomic E-state index is 12.3. The van der Waals surface area contributed by atoms with Crippen LogP contribution >= 0.6 is 0 Å². The molecule has 0 aliphatic rings. The SMILES string of the molecule is C.C.C.C.CC[C-](CC)CCC(C)(F)F.CF.CF.COCCC(C)(F)F.[Y]. The van der Waals surface area contributed by atoms with E-state index in [9.17, 15) is 26.3 Å². The number of ether oxygens (including phenoxy) is 1. The second-order valence-corrected chi connectivity index (χ2v) is 4.84. The summed E-state index contributed by atoms with van der Waals surface area (Å²) in [5.41, 5.74) is 0. The topological polar surface area (TPSA) is 9.23 Å². The molecule has 1 nitrogen and oxygen atoms in total. The smallest absolute Gasteiger partial charge is 0.247 e. The van der Waals surface area contributed by atoms with Crippen LogP contribution in [0.4, 0.5) is 26.3 Å². The van der Waals surface area contributed by atoms with E-state index in [2.05, 4.69) is 4.74 Å². The monoisotopic (exact) mass is 508 g/mol. The minimum atomic E-state index is -2.57. The predicted molar refractivity (Wildman–Crippen MR) is 112 cm³/mol. The molecule has 0 unspecified atom stereocenters. The molecule has 0 N–H and O–H groups in total. The summed E-state index contributed by atoms with van der Waals surface area (Å²) in [7, 11) is 2.41. The molecule has 181 valence electrons. The second-order valence-electron chi connectivity index (χ2n) is 4.84. The van der Waals surface area contributed by atoms with Gasteiger partial charge in [0.1, 0.15) is 0 Å². The minimum Gasteiger partial charge on any atom is -0.384 e. The van der Waals surface area contributed by atoms with Crippen LogP contribution in [0.1, 0.15) is 89.5 Å². The van der Waals surface area contributed by atoms with Crippen molar-refractivity contribution in [2.24, 2.45) is 0 Å². The van der Waals surface area contributed by atoms with Crippen LogP contribution in [-0.2, 0) is 37.4 Å². The van der Waals surface area contributed by atoms with Gasteiger partial charge in [0.15, 0.2) is 0 Å². The Bertz CT molecular complexity index is 206. The average Bonchev–Trinajstić information content (AvgIpc) is 2.49. The minimum absolute atomic E-state index is 0. The largest absolute Gasteiger partial charge is 0.384 e. The van der Waals surface area contributed by atoms with E-state index in [1.165, 1.54) is 13.0 Å². The van der Waals surface area contributed by atoms with Gasteiger partial charge in [-0.15, -0.1) is 0 Å². The van der Waals surface area contributed by atoms with E-state index < -0.39 is 11.8 Å². The first-order valence-corrected chi connectivity index (χ1v) is 7.39. The van der Waals surface area contributed by atoms with Crippen molar-refractivity contribution in [3.8, 4) is 0 Å². The van der Waals surface area contributed by atoms with Crippen molar-refractivity contribution in [1.82, 2.24) is 0 Å². The first kappa shape index (κ1) is 56.7. The summed E-state index contributed by atoms with van der Waals surface area (Å²) in [5.74, 6) is -3.82. The van der Waals surface area contributed by atoms with Gasteiger partial charge in [0.25, 0.3) is 0 Å². The molecule has 0 fully saturated rings. The average molecular weight is 509 g/mol. The third-order valence-electron chi connectivity index (χ3n) is 2.66. The van der Waals surface area contributed by atoms with Crippen LogP contribution in [0.25, 0.3) is 0 Å². The molecular formula is C20H49F6OY-. The van der Waals surface area contributed by atoms with Crippen LogP contribution in [-0.4, -0.2) is 39.9 Å². The normalized spacial score (nSPS) is 8.79. The van der Waals surface area contributed by atoms with E-state index in [0.717, 1.165) is 26.7 Å². The number of hydrogen-bond acceptors (Lipinski definition) is 1. The fourth-order valence-electron chi connectivity index (χ4n) is 1.28. The molecule has 0 aromatic rings. The molecule has 0 saturated heterocycles. The molecule has 0 saturated carbocycles. The molecule has 0 aliphatic carbocycles. The van der Waals surface area contributed by atoms with Gasteiger partial charge in [0, 0.05) is 46.2 Å². The predicted octanol–water partition coefficient (Wildman–Crippen LogP) is 9.21. The van der Waals surface area contributed by atoms with Gasteiger partial charge in [-0.3, -0.25) is 8.78 Å². The molecule has 0 heterocycles. The van der Waals surface area contributed by atoms with Crippen molar-refractivity contribution in [1.29, 1.82) is 0 Å².